The smallest absolute Gasteiger partial charge is 0.341 e. The highest BCUT2D eigenvalue weighted by molar-refractivity contribution is 5.78. The Bertz CT molecular complexity index is 1020. The lowest BCUT2D eigenvalue weighted by atomic mass is 9.78. The van der Waals surface area contributed by atoms with E-state index in [0.29, 0.717) is 11.7 Å². The summed E-state index contributed by atoms with van der Waals surface area (Å²) < 4.78 is 34.6. The quantitative estimate of drug-likeness (QED) is 0.462. The molecular formula is C28H32F2O3. The molecule has 0 heterocycles. The van der Waals surface area contributed by atoms with E-state index in [9.17, 15) is 14.3 Å². The zero-order valence-electron chi connectivity index (χ0n) is 19.3. The summed E-state index contributed by atoms with van der Waals surface area (Å²) in [5.41, 5.74) is 0.171. The standard InChI is InChI=1S/C28H32F2O3/c1-28(30,27(31)32)26(21-12-13-21)22-5-3-4-19(16-22)7-6-18-8-10-20(11-9-18)24-17-23(33-2)14-15-25(24)29/h3-7,14-18,20-21,26H,8-13H2,1-2H3,(H,31,32)/b7-6+/t18?,20?,26-,28?/m0/s1. The maximum atomic E-state index is 15.1. The van der Waals surface area contributed by atoms with Gasteiger partial charge in [0.1, 0.15) is 11.6 Å². The summed E-state index contributed by atoms with van der Waals surface area (Å²) in [5, 5.41) is 9.42. The van der Waals surface area contributed by atoms with Gasteiger partial charge in [-0.05, 0) is 98.1 Å². The highest BCUT2D eigenvalue weighted by Crippen LogP contribution is 2.50. The molecule has 0 bridgehead atoms. The van der Waals surface area contributed by atoms with Crippen LogP contribution in [0.2, 0.25) is 0 Å². The Hall–Kier alpha value is -2.69. The molecule has 1 N–H and O–H groups in total. The van der Waals surface area contributed by atoms with E-state index in [0.717, 1.165) is 55.2 Å². The second-order valence-electron chi connectivity index (χ2n) is 9.72. The number of halogens is 2. The van der Waals surface area contributed by atoms with Crippen molar-refractivity contribution in [3.8, 4) is 5.75 Å². The van der Waals surface area contributed by atoms with Gasteiger partial charge < -0.3 is 9.84 Å². The fraction of sp³-hybridized carbons (Fsp3) is 0.464. The Kier molecular flexibility index (Phi) is 6.87. The summed E-state index contributed by atoms with van der Waals surface area (Å²) in [6.07, 6.45) is 9.77. The van der Waals surface area contributed by atoms with E-state index in [4.69, 9.17) is 4.74 Å². The molecule has 2 aromatic carbocycles. The molecule has 33 heavy (non-hydrogen) atoms. The molecule has 1 unspecified atom stereocenters. The molecule has 2 fully saturated rings. The number of carboxylic acid groups (broad SMARTS) is 1. The summed E-state index contributed by atoms with van der Waals surface area (Å²) in [7, 11) is 1.59. The molecular weight excluding hydrogens is 422 g/mol. The highest BCUT2D eigenvalue weighted by Gasteiger charge is 2.50. The molecule has 0 amide bonds. The van der Waals surface area contributed by atoms with Crippen molar-refractivity contribution in [2.75, 3.05) is 7.11 Å². The second-order valence-corrected chi connectivity index (χ2v) is 9.72. The van der Waals surface area contributed by atoms with Crippen molar-refractivity contribution in [2.24, 2.45) is 11.8 Å². The Morgan fingerprint density at radius 2 is 1.85 bits per heavy atom. The zero-order chi connectivity index (χ0) is 23.6. The number of methoxy groups -OCH3 is 1. The molecule has 2 atom stereocenters. The number of aliphatic carboxylic acids is 1. The van der Waals surface area contributed by atoms with Crippen LogP contribution in [-0.2, 0) is 4.79 Å². The summed E-state index contributed by atoms with van der Waals surface area (Å²) in [6, 6.07) is 12.6. The van der Waals surface area contributed by atoms with E-state index < -0.39 is 17.6 Å². The van der Waals surface area contributed by atoms with Crippen LogP contribution in [-0.4, -0.2) is 23.9 Å². The molecule has 176 valence electrons. The van der Waals surface area contributed by atoms with Gasteiger partial charge >= 0.3 is 5.97 Å². The number of carboxylic acids is 1. The van der Waals surface area contributed by atoms with Crippen LogP contribution < -0.4 is 4.74 Å². The fourth-order valence-corrected chi connectivity index (χ4v) is 5.28. The first-order valence-corrected chi connectivity index (χ1v) is 11.8. The predicted octanol–water partition coefficient (Wildman–Crippen LogP) is 7.13. The number of hydrogen-bond donors (Lipinski definition) is 1. The third-order valence-electron chi connectivity index (χ3n) is 7.34. The number of allylic oxidation sites excluding steroid dienone is 1. The van der Waals surface area contributed by atoms with Gasteiger partial charge in [-0.15, -0.1) is 0 Å². The van der Waals surface area contributed by atoms with Crippen LogP contribution in [0.4, 0.5) is 8.78 Å². The minimum Gasteiger partial charge on any atom is -0.497 e. The summed E-state index contributed by atoms with van der Waals surface area (Å²) in [6.45, 7) is 1.18. The minimum absolute atomic E-state index is 0.0858. The van der Waals surface area contributed by atoms with Gasteiger partial charge in [-0.3, -0.25) is 0 Å². The number of hydrogen-bond acceptors (Lipinski definition) is 2. The van der Waals surface area contributed by atoms with Crippen molar-refractivity contribution >= 4 is 12.0 Å². The largest absolute Gasteiger partial charge is 0.497 e. The van der Waals surface area contributed by atoms with Crippen LogP contribution in [0.15, 0.2) is 48.5 Å². The van der Waals surface area contributed by atoms with Crippen LogP contribution >= 0.6 is 0 Å². The molecule has 2 saturated carbocycles. The van der Waals surface area contributed by atoms with Gasteiger partial charge in [0.25, 0.3) is 0 Å². The maximum Gasteiger partial charge on any atom is 0.341 e. The van der Waals surface area contributed by atoms with E-state index >= 15 is 4.39 Å². The normalized spacial score (nSPS) is 23.8. The first kappa shape index (κ1) is 23.5. The van der Waals surface area contributed by atoms with Gasteiger partial charge in [-0.2, -0.15) is 0 Å². The van der Waals surface area contributed by atoms with E-state index in [2.05, 4.69) is 12.2 Å². The third kappa shape index (κ3) is 5.29. The molecule has 0 aromatic heterocycles. The fourth-order valence-electron chi connectivity index (χ4n) is 5.28. The molecule has 2 aliphatic rings. The molecule has 5 heteroatoms. The van der Waals surface area contributed by atoms with Crippen molar-refractivity contribution < 1.29 is 23.4 Å². The number of benzene rings is 2. The van der Waals surface area contributed by atoms with E-state index in [1.165, 1.54) is 13.0 Å². The van der Waals surface area contributed by atoms with Gasteiger partial charge in [0.2, 0.25) is 5.67 Å². The minimum atomic E-state index is -2.28. The molecule has 0 aliphatic heterocycles. The molecule has 2 aromatic rings. The summed E-state index contributed by atoms with van der Waals surface area (Å²) >= 11 is 0. The Labute approximate surface area is 194 Å². The number of carbonyl (C=O) groups is 1. The van der Waals surface area contributed by atoms with E-state index in [1.54, 1.807) is 13.2 Å². The Morgan fingerprint density at radius 1 is 1.12 bits per heavy atom. The lowest BCUT2D eigenvalue weighted by Crippen LogP contribution is -2.38. The monoisotopic (exact) mass is 454 g/mol. The SMILES string of the molecule is COc1ccc(F)c(C2CCC(/C=C/c3cccc([C@H](C4CC4)C(C)(F)C(=O)O)c3)CC2)c1. The molecule has 3 nitrogen and oxygen atoms in total. The average molecular weight is 455 g/mol. The molecule has 0 saturated heterocycles. The van der Waals surface area contributed by atoms with Crippen LogP contribution in [0.5, 0.6) is 5.75 Å². The number of rotatable bonds is 8. The van der Waals surface area contributed by atoms with Gasteiger partial charge in [-0.25, -0.2) is 13.6 Å². The van der Waals surface area contributed by atoms with Crippen LogP contribution in [0, 0.1) is 17.7 Å². The first-order valence-electron chi connectivity index (χ1n) is 11.8. The summed E-state index contributed by atoms with van der Waals surface area (Å²) in [5.74, 6) is -0.819. The highest BCUT2D eigenvalue weighted by atomic mass is 19.1. The van der Waals surface area contributed by atoms with Crippen molar-refractivity contribution in [1.82, 2.24) is 0 Å². The van der Waals surface area contributed by atoms with E-state index in [1.807, 2.05) is 30.3 Å². The van der Waals surface area contributed by atoms with Crippen molar-refractivity contribution in [1.29, 1.82) is 0 Å². The molecule has 0 radical (unpaired) electrons. The van der Waals surface area contributed by atoms with Crippen LogP contribution in [0.1, 0.15) is 74.0 Å². The lowest BCUT2D eigenvalue weighted by Gasteiger charge is -2.28. The van der Waals surface area contributed by atoms with Crippen LogP contribution in [0.25, 0.3) is 6.08 Å². The lowest BCUT2D eigenvalue weighted by molar-refractivity contribution is -0.151. The maximum absolute atomic E-state index is 15.1. The predicted molar refractivity (Wildman–Crippen MR) is 126 cm³/mol. The topological polar surface area (TPSA) is 46.5 Å². The molecule has 2 aliphatic carbocycles. The van der Waals surface area contributed by atoms with Crippen molar-refractivity contribution in [3.63, 3.8) is 0 Å². The Balaban J connectivity index is 1.42. The van der Waals surface area contributed by atoms with E-state index in [-0.39, 0.29) is 17.7 Å². The van der Waals surface area contributed by atoms with Gasteiger partial charge in [-0.1, -0.05) is 36.4 Å². The average Bonchev–Trinajstić information content (AvgIpc) is 3.63. The second kappa shape index (κ2) is 9.66. The van der Waals surface area contributed by atoms with Gasteiger partial charge in [0, 0.05) is 5.92 Å². The molecule has 0 spiro atoms. The number of alkyl halides is 1. The third-order valence-corrected chi connectivity index (χ3v) is 7.34. The molecule has 4 rings (SSSR count). The van der Waals surface area contributed by atoms with Crippen molar-refractivity contribution in [2.45, 2.75) is 63.0 Å². The van der Waals surface area contributed by atoms with Gasteiger partial charge in [0.05, 0.1) is 7.11 Å². The number of ether oxygens (including phenoxy) is 1. The summed E-state index contributed by atoms with van der Waals surface area (Å²) in [4.78, 5) is 11.6. The zero-order valence-corrected chi connectivity index (χ0v) is 19.3. The van der Waals surface area contributed by atoms with Gasteiger partial charge in [0.15, 0.2) is 0 Å². The Morgan fingerprint density at radius 3 is 2.48 bits per heavy atom. The van der Waals surface area contributed by atoms with Crippen molar-refractivity contribution in [3.05, 3.63) is 71.0 Å². The first-order chi connectivity index (χ1) is 15.8. The van der Waals surface area contributed by atoms with Crippen LogP contribution in [0.3, 0.4) is 0 Å².